The molecule has 0 fully saturated rings. The minimum absolute atomic E-state index is 0.265. The summed E-state index contributed by atoms with van der Waals surface area (Å²) in [5, 5.41) is 4.00. The van der Waals surface area contributed by atoms with Crippen LogP contribution >= 0.6 is 0 Å². The molecule has 2 N–H and O–H groups in total. The van der Waals surface area contributed by atoms with E-state index in [0.29, 0.717) is 5.82 Å². The predicted octanol–water partition coefficient (Wildman–Crippen LogP) is 3.92. The summed E-state index contributed by atoms with van der Waals surface area (Å²) in [7, 11) is 0. The van der Waals surface area contributed by atoms with Crippen LogP contribution in [0.4, 0.5) is 5.82 Å². The molecule has 1 unspecified atom stereocenters. The highest BCUT2D eigenvalue weighted by atomic mass is 16.5. The molecule has 0 saturated heterocycles. The summed E-state index contributed by atoms with van der Waals surface area (Å²) in [5.41, 5.74) is 12.0. The van der Waals surface area contributed by atoms with Crippen molar-refractivity contribution in [2.75, 3.05) is 5.73 Å². The van der Waals surface area contributed by atoms with Crippen molar-refractivity contribution in [2.45, 2.75) is 19.3 Å². The van der Waals surface area contributed by atoms with Crippen molar-refractivity contribution in [1.29, 1.82) is 0 Å². The van der Waals surface area contributed by atoms with Crippen molar-refractivity contribution in [1.82, 2.24) is 5.16 Å². The molecule has 4 rings (SSSR count). The van der Waals surface area contributed by atoms with E-state index >= 15 is 0 Å². The third-order valence-corrected chi connectivity index (χ3v) is 4.22. The van der Waals surface area contributed by atoms with Crippen molar-refractivity contribution in [2.24, 2.45) is 0 Å². The third-order valence-electron chi connectivity index (χ3n) is 4.22. The van der Waals surface area contributed by atoms with Crippen LogP contribution < -0.4 is 5.73 Å². The molecular weight excluding hydrogens is 260 g/mol. The van der Waals surface area contributed by atoms with Gasteiger partial charge in [-0.2, -0.15) is 0 Å². The summed E-state index contributed by atoms with van der Waals surface area (Å²) >= 11 is 0. The second-order valence-electron chi connectivity index (χ2n) is 5.63. The van der Waals surface area contributed by atoms with Crippen LogP contribution in [0.3, 0.4) is 0 Å². The molecular formula is C18H16N2O. The predicted molar refractivity (Wildman–Crippen MR) is 83.1 cm³/mol. The first-order valence-corrected chi connectivity index (χ1v) is 7.14. The van der Waals surface area contributed by atoms with Crippen LogP contribution in [0.2, 0.25) is 0 Å². The highest BCUT2D eigenvalue weighted by Gasteiger charge is 2.33. The lowest BCUT2D eigenvalue weighted by molar-refractivity contribution is 0.365. The first-order valence-electron chi connectivity index (χ1n) is 7.14. The zero-order valence-electron chi connectivity index (χ0n) is 11.8. The first-order chi connectivity index (χ1) is 10.2. The summed E-state index contributed by atoms with van der Waals surface area (Å²) in [6, 6.07) is 16.8. The molecule has 2 aromatic carbocycles. The number of rotatable bonds is 2. The highest BCUT2D eigenvalue weighted by Crippen LogP contribution is 2.45. The molecule has 1 aliphatic carbocycles. The summed E-state index contributed by atoms with van der Waals surface area (Å²) in [6.07, 6.45) is 0.990. The van der Waals surface area contributed by atoms with E-state index in [-0.39, 0.29) is 5.92 Å². The Bertz CT molecular complexity index is 820. The Hall–Kier alpha value is -2.55. The van der Waals surface area contributed by atoms with E-state index in [2.05, 4.69) is 54.5 Å². The Morgan fingerprint density at radius 3 is 2.81 bits per heavy atom. The van der Waals surface area contributed by atoms with Gasteiger partial charge in [0.25, 0.3) is 0 Å². The lowest BCUT2D eigenvalue weighted by Crippen LogP contribution is -2.18. The maximum Gasteiger partial charge on any atom is 0.175 e. The fraction of sp³-hybridized carbons (Fsp3) is 0.167. The van der Waals surface area contributed by atoms with E-state index in [1.807, 2.05) is 6.07 Å². The lowest BCUT2D eigenvalue weighted by atomic mass is 9.75. The summed E-state index contributed by atoms with van der Waals surface area (Å²) in [4.78, 5) is 0. The fourth-order valence-electron chi connectivity index (χ4n) is 3.14. The summed E-state index contributed by atoms with van der Waals surface area (Å²) in [5.74, 6) is 1.62. The van der Waals surface area contributed by atoms with Crippen LogP contribution in [0.25, 0.3) is 11.1 Å². The van der Waals surface area contributed by atoms with E-state index in [1.54, 1.807) is 0 Å². The van der Waals surface area contributed by atoms with Gasteiger partial charge in [-0.05, 0) is 30.0 Å². The number of hydrogen-bond donors (Lipinski definition) is 1. The van der Waals surface area contributed by atoms with Gasteiger partial charge in [-0.25, -0.2) is 0 Å². The van der Waals surface area contributed by atoms with Gasteiger partial charge in [0.2, 0.25) is 0 Å². The maximum atomic E-state index is 6.06. The second-order valence-corrected chi connectivity index (χ2v) is 5.63. The van der Waals surface area contributed by atoms with Gasteiger partial charge in [0.1, 0.15) is 0 Å². The zero-order chi connectivity index (χ0) is 14.4. The van der Waals surface area contributed by atoms with Crippen molar-refractivity contribution in [3.63, 3.8) is 0 Å². The number of nitrogens with zero attached hydrogens (tertiary/aromatic N) is 1. The van der Waals surface area contributed by atoms with Gasteiger partial charge in [0.05, 0.1) is 5.56 Å². The molecule has 0 amide bonds. The molecule has 0 radical (unpaired) electrons. The van der Waals surface area contributed by atoms with Crippen LogP contribution in [0.1, 0.15) is 28.4 Å². The Balaban J connectivity index is 1.83. The monoisotopic (exact) mass is 276 g/mol. The SMILES string of the molecule is Cc1cccc(-c2c(N)noc2C2Cc3ccccc32)c1. The molecule has 104 valence electrons. The van der Waals surface area contributed by atoms with E-state index < -0.39 is 0 Å². The quantitative estimate of drug-likeness (QED) is 0.771. The number of aryl methyl sites for hydroxylation is 1. The zero-order valence-corrected chi connectivity index (χ0v) is 11.8. The van der Waals surface area contributed by atoms with Gasteiger partial charge < -0.3 is 10.3 Å². The molecule has 3 aromatic rings. The van der Waals surface area contributed by atoms with Gasteiger partial charge in [-0.3, -0.25) is 0 Å². The minimum Gasteiger partial charge on any atom is -0.380 e. The van der Waals surface area contributed by atoms with E-state index in [0.717, 1.165) is 23.3 Å². The van der Waals surface area contributed by atoms with Crippen molar-refractivity contribution >= 4 is 5.82 Å². The molecule has 3 heteroatoms. The largest absolute Gasteiger partial charge is 0.380 e. The number of anilines is 1. The normalized spacial score (nSPS) is 16.3. The summed E-state index contributed by atoms with van der Waals surface area (Å²) in [6.45, 7) is 2.07. The van der Waals surface area contributed by atoms with Gasteiger partial charge in [-0.1, -0.05) is 59.3 Å². The fourth-order valence-corrected chi connectivity index (χ4v) is 3.14. The van der Waals surface area contributed by atoms with Crippen molar-refractivity contribution < 1.29 is 4.52 Å². The van der Waals surface area contributed by atoms with E-state index in [4.69, 9.17) is 10.3 Å². The molecule has 0 bridgehead atoms. The van der Waals surface area contributed by atoms with Crippen LogP contribution in [0, 0.1) is 6.92 Å². The number of nitrogens with two attached hydrogens (primary N) is 1. The molecule has 21 heavy (non-hydrogen) atoms. The number of aromatic nitrogens is 1. The molecule has 1 aliphatic rings. The average Bonchev–Trinajstić information content (AvgIpc) is 2.82. The molecule has 1 aromatic heterocycles. The van der Waals surface area contributed by atoms with Crippen LogP contribution in [0.5, 0.6) is 0 Å². The van der Waals surface area contributed by atoms with E-state index in [1.165, 1.54) is 16.7 Å². The third kappa shape index (κ3) is 1.85. The Morgan fingerprint density at radius 2 is 2.00 bits per heavy atom. The van der Waals surface area contributed by atoms with Crippen LogP contribution in [-0.2, 0) is 6.42 Å². The number of benzene rings is 2. The van der Waals surface area contributed by atoms with Crippen LogP contribution in [-0.4, -0.2) is 5.16 Å². The number of hydrogen-bond acceptors (Lipinski definition) is 3. The van der Waals surface area contributed by atoms with Crippen molar-refractivity contribution in [3.05, 3.63) is 71.0 Å². The highest BCUT2D eigenvalue weighted by molar-refractivity contribution is 5.77. The molecule has 0 saturated carbocycles. The number of fused-ring (bicyclic) bond motifs is 1. The lowest BCUT2D eigenvalue weighted by Gasteiger charge is -2.28. The molecule has 3 nitrogen and oxygen atoms in total. The minimum atomic E-state index is 0.265. The average molecular weight is 276 g/mol. The summed E-state index contributed by atoms with van der Waals surface area (Å²) < 4.78 is 5.58. The van der Waals surface area contributed by atoms with Gasteiger partial charge in [0, 0.05) is 5.92 Å². The molecule has 1 atom stereocenters. The smallest absolute Gasteiger partial charge is 0.175 e. The Kier molecular flexibility index (Phi) is 2.61. The second kappa shape index (κ2) is 4.48. The van der Waals surface area contributed by atoms with Gasteiger partial charge >= 0.3 is 0 Å². The Labute approximate surface area is 123 Å². The molecule has 1 heterocycles. The van der Waals surface area contributed by atoms with Gasteiger partial charge in [0.15, 0.2) is 11.6 Å². The first kappa shape index (κ1) is 12.2. The van der Waals surface area contributed by atoms with Gasteiger partial charge in [-0.15, -0.1) is 0 Å². The van der Waals surface area contributed by atoms with Crippen LogP contribution in [0.15, 0.2) is 53.1 Å². The van der Waals surface area contributed by atoms with Crippen molar-refractivity contribution in [3.8, 4) is 11.1 Å². The standard InChI is InChI=1S/C18H16N2O/c1-11-5-4-7-13(9-11)16-17(21-20-18(16)19)15-10-12-6-2-3-8-14(12)15/h2-9,15H,10H2,1H3,(H2,19,20). The molecule has 0 spiro atoms. The Morgan fingerprint density at radius 1 is 1.14 bits per heavy atom. The maximum absolute atomic E-state index is 6.06. The topological polar surface area (TPSA) is 52.0 Å². The van der Waals surface area contributed by atoms with E-state index in [9.17, 15) is 0 Å². The number of nitrogen functional groups attached to an aromatic ring is 1. The molecule has 0 aliphatic heterocycles.